The lowest BCUT2D eigenvalue weighted by Crippen LogP contribution is -1.96. The molecule has 0 saturated heterocycles. The molecule has 2 heterocycles. The molecule has 0 N–H and O–H groups in total. The third kappa shape index (κ3) is 1.69. The molecule has 0 amide bonds. The molecule has 0 fully saturated rings. The van der Waals surface area contributed by atoms with Crippen LogP contribution in [0.3, 0.4) is 0 Å². The second kappa shape index (κ2) is 3.83. The van der Waals surface area contributed by atoms with Crippen molar-refractivity contribution in [2.75, 3.05) is 0 Å². The molecule has 0 aliphatic rings. The minimum absolute atomic E-state index is 0.635. The van der Waals surface area contributed by atoms with Gasteiger partial charge in [0.25, 0.3) is 0 Å². The second-order valence-corrected chi connectivity index (χ2v) is 2.75. The Kier molecular flexibility index (Phi) is 2.36. The van der Waals surface area contributed by atoms with Crippen molar-refractivity contribution in [3.8, 4) is 5.95 Å². The largest absolute Gasteiger partial charge is 0.274 e. The molecule has 0 spiro atoms. The molecule has 2 rings (SSSR count). The predicted octanol–water partition coefficient (Wildman–Crippen LogP) is 1.70. The first-order valence-electron chi connectivity index (χ1n) is 4.34. The SMILES string of the molecule is C/C=C/c1cn(-c2ncccn2)cn1. The van der Waals surface area contributed by atoms with Gasteiger partial charge in [-0.1, -0.05) is 6.08 Å². The molecular weight excluding hydrogens is 176 g/mol. The summed E-state index contributed by atoms with van der Waals surface area (Å²) in [5.74, 6) is 0.635. The average molecular weight is 186 g/mol. The van der Waals surface area contributed by atoms with Crippen LogP contribution in [0.2, 0.25) is 0 Å². The molecule has 0 atom stereocenters. The van der Waals surface area contributed by atoms with Crippen molar-refractivity contribution < 1.29 is 0 Å². The van der Waals surface area contributed by atoms with Crippen LogP contribution < -0.4 is 0 Å². The summed E-state index contributed by atoms with van der Waals surface area (Å²) < 4.78 is 1.79. The van der Waals surface area contributed by atoms with Gasteiger partial charge in [-0.05, 0) is 19.1 Å². The van der Waals surface area contributed by atoms with Gasteiger partial charge in [-0.2, -0.15) is 0 Å². The predicted molar refractivity (Wildman–Crippen MR) is 53.9 cm³/mol. The smallest absolute Gasteiger partial charge is 0.234 e. The van der Waals surface area contributed by atoms with Gasteiger partial charge in [0.1, 0.15) is 6.33 Å². The average Bonchev–Trinajstić information content (AvgIpc) is 2.68. The summed E-state index contributed by atoms with van der Waals surface area (Å²) in [5.41, 5.74) is 0.903. The van der Waals surface area contributed by atoms with E-state index in [1.54, 1.807) is 29.4 Å². The van der Waals surface area contributed by atoms with Crippen molar-refractivity contribution in [1.29, 1.82) is 0 Å². The lowest BCUT2D eigenvalue weighted by Gasteiger charge is -1.95. The molecule has 0 saturated carbocycles. The molecule has 4 nitrogen and oxygen atoms in total. The van der Waals surface area contributed by atoms with Gasteiger partial charge in [-0.15, -0.1) is 0 Å². The van der Waals surface area contributed by atoms with Crippen molar-refractivity contribution in [1.82, 2.24) is 19.5 Å². The van der Waals surface area contributed by atoms with Crippen LogP contribution in [0.4, 0.5) is 0 Å². The zero-order valence-electron chi connectivity index (χ0n) is 7.83. The van der Waals surface area contributed by atoms with E-state index in [0.717, 1.165) is 5.69 Å². The topological polar surface area (TPSA) is 43.6 Å². The van der Waals surface area contributed by atoms with Crippen LogP contribution in [0.15, 0.2) is 37.1 Å². The zero-order chi connectivity index (χ0) is 9.80. The molecule has 2 aromatic heterocycles. The summed E-state index contributed by atoms with van der Waals surface area (Å²) in [6.45, 7) is 1.96. The standard InChI is InChI=1S/C10H10N4/c1-2-4-9-7-14(8-13-9)10-11-5-3-6-12-10/h2-8H,1H3/b4-2+. The maximum Gasteiger partial charge on any atom is 0.234 e. The molecule has 0 radical (unpaired) electrons. The highest BCUT2D eigenvalue weighted by atomic mass is 15.2. The van der Waals surface area contributed by atoms with E-state index >= 15 is 0 Å². The van der Waals surface area contributed by atoms with E-state index < -0.39 is 0 Å². The van der Waals surface area contributed by atoms with Gasteiger partial charge in [0, 0.05) is 18.6 Å². The van der Waals surface area contributed by atoms with Crippen molar-refractivity contribution in [3.63, 3.8) is 0 Å². The van der Waals surface area contributed by atoms with Crippen LogP contribution in [-0.2, 0) is 0 Å². The fourth-order valence-corrected chi connectivity index (χ4v) is 1.13. The van der Waals surface area contributed by atoms with Crippen molar-refractivity contribution >= 4 is 6.08 Å². The summed E-state index contributed by atoms with van der Waals surface area (Å²) in [4.78, 5) is 12.4. The molecule has 0 aliphatic heterocycles. The highest BCUT2D eigenvalue weighted by Crippen LogP contribution is 2.03. The Labute approximate surface area is 82.0 Å². The Morgan fingerprint density at radius 2 is 2.00 bits per heavy atom. The van der Waals surface area contributed by atoms with Gasteiger partial charge in [0.15, 0.2) is 0 Å². The van der Waals surface area contributed by atoms with Crippen LogP contribution in [0, 0.1) is 0 Å². The monoisotopic (exact) mass is 186 g/mol. The zero-order valence-corrected chi connectivity index (χ0v) is 7.83. The Balaban J connectivity index is 2.34. The highest BCUT2D eigenvalue weighted by Gasteiger charge is 1.98. The number of hydrogen-bond donors (Lipinski definition) is 0. The number of aromatic nitrogens is 4. The lowest BCUT2D eigenvalue weighted by molar-refractivity contribution is 0.925. The Morgan fingerprint density at radius 3 is 2.71 bits per heavy atom. The Morgan fingerprint density at radius 1 is 1.21 bits per heavy atom. The van der Waals surface area contributed by atoms with E-state index in [1.165, 1.54) is 0 Å². The third-order valence-corrected chi connectivity index (χ3v) is 1.72. The minimum atomic E-state index is 0.635. The maximum atomic E-state index is 4.18. The van der Waals surface area contributed by atoms with Gasteiger partial charge in [-0.25, -0.2) is 15.0 Å². The highest BCUT2D eigenvalue weighted by molar-refractivity contribution is 5.43. The summed E-state index contributed by atoms with van der Waals surface area (Å²) in [6.07, 6.45) is 10.9. The molecule has 70 valence electrons. The number of imidazole rings is 1. The quantitative estimate of drug-likeness (QED) is 0.716. The molecule has 0 aliphatic carbocycles. The van der Waals surface area contributed by atoms with Crippen LogP contribution in [-0.4, -0.2) is 19.5 Å². The molecule has 0 unspecified atom stereocenters. The Bertz CT molecular complexity index is 430. The molecule has 2 aromatic rings. The van der Waals surface area contributed by atoms with E-state index in [4.69, 9.17) is 0 Å². The number of hydrogen-bond acceptors (Lipinski definition) is 3. The summed E-state index contributed by atoms with van der Waals surface area (Å²) in [7, 11) is 0. The number of rotatable bonds is 2. The van der Waals surface area contributed by atoms with Crippen LogP contribution >= 0.6 is 0 Å². The molecule has 0 aromatic carbocycles. The van der Waals surface area contributed by atoms with Crippen molar-refractivity contribution in [3.05, 3.63) is 42.8 Å². The van der Waals surface area contributed by atoms with Crippen molar-refractivity contribution in [2.45, 2.75) is 6.92 Å². The number of allylic oxidation sites excluding steroid dienone is 1. The van der Waals surface area contributed by atoms with Gasteiger partial charge in [0.2, 0.25) is 5.95 Å². The van der Waals surface area contributed by atoms with E-state index in [9.17, 15) is 0 Å². The van der Waals surface area contributed by atoms with Gasteiger partial charge in [-0.3, -0.25) is 4.57 Å². The van der Waals surface area contributed by atoms with Crippen LogP contribution in [0.1, 0.15) is 12.6 Å². The van der Waals surface area contributed by atoms with Crippen LogP contribution in [0.25, 0.3) is 12.0 Å². The molecule has 0 bridgehead atoms. The first-order valence-corrected chi connectivity index (χ1v) is 4.34. The fourth-order valence-electron chi connectivity index (χ4n) is 1.13. The van der Waals surface area contributed by atoms with Crippen molar-refractivity contribution in [2.24, 2.45) is 0 Å². The maximum absolute atomic E-state index is 4.18. The summed E-state index contributed by atoms with van der Waals surface area (Å²) in [6, 6.07) is 1.79. The van der Waals surface area contributed by atoms with Gasteiger partial charge < -0.3 is 0 Å². The van der Waals surface area contributed by atoms with E-state index in [0.29, 0.717) is 5.95 Å². The summed E-state index contributed by atoms with van der Waals surface area (Å²) in [5, 5.41) is 0. The minimum Gasteiger partial charge on any atom is -0.274 e. The summed E-state index contributed by atoms with van der Waals surface area (Å²) >= 11 is 0. The third-order valence-electron chi connectivity index (χ3n) is 1.72. The Hall–Kier alpha value is -1.97. The molecular formula is C10H10N4. The first-order chi connectivity index (χ1) is 6.90. The molecule has 14 heavy (non-hydrogen) atoms. The van der Waals surface area contributed by atoms with Gasteiger partial charge in [0.05, 0.1) is 5.69 Å². The van der Waals surface area contributed by atoms with E-state index in [-0.39, 0.29) is 0 Å². The van der Waals surface area contributed by atoms with Gasteiger partial charge >= 0.3 is 0 Å². The normalized spacial score (nSPS) is 10.9. The molecule has 4 heteroatoms. The van der Waals surface area contributed by atoms with Crippen LogP contribution in [0.5, 0.6) is 0 Å². The van der Waals surface area contributed by atoms with E-state index in [1.807, 2.05) is 25.3 Å². The first kappa shape index (κ1) is 8.62. The lowest BCUT2D eigenvalue weighted by atomic mass is 10.4. The fraction of sp³-hybridized carbons (Fsp3) is 0.100. The van der Waals surface area contributed by atoms with E-state index in [2.05, 4.69) is 15.0 Å². The number of nitrogens with zero attached hydrogens (tertiary/aromatic N) is 4. The second-order valence-electron chi connectivity index (χ2n) is 2.75.